The smallest absolute Gasteiger partial charge is 0.134 e. The van der Waals surface area contributed by atoms with Crippen LogP contribution in [-0.2, 0) is 11.1 Å². The third-order valence-electron chi connectivity index (χ3n) is 4.93. The van der Waals surface area contributed by atoms with E-state index in [0.717, 1.165) is 18.4 Å². The Morgan fingerprint density at radius 2 is 1.68 bits per heavy atom. The van der Waals surface area contributed by atoms with Gasteiger partial charge in [0.2, 0.25) is 0 Å². The van der Waals surface area contributed by atoms with Crippen LogP contribution in [0.4, 0.5) is 4.39 Å². The van der Waals surface area contributed by atoms with Gasteiger partial charge in [-0.05, 0) is 38.8 Å². The van der Waals surface area contributed by atoms with Gasteiger partial charge < -0.3 is 15.2 Å². The Bertz CT molecular complexity index is 517. The number of benzene rings is 1. The average Bonchev–Trinajstić information content (AvgIpc) is 2.53. The highest BCUT2D eigenvalue weighted by Gasteiger charge is 2.37. The molecule has 0 amide bonds. The fourth-order valence-electron chi connectivity index (χ4n) is 3.59. The van der Waals surface area contributed by atoms with Crippen LogP contribution < -0.4 is 15.2 Å². The molecule has 0 aliphatic heterocycles. The van der Waals surface area contributed by atoms with Crippen LogP contribution in [0.3, 0.4) is 0 Å². The third-order valence-corrected chi connectivity index (χ3v) is 4.93. The number of hydrogen-bond acceptors (Lipinski definition) is 3. The molecule has 0 spiro atoms. The average molecular weight is 309 g/mol. The van der Waals surface area contributed by atoms with Gasteiger partial charge >= 0.3 is 0 Å². The molecule has 0 radical (unpaired) electrons. The zero-order valence-corrected chi connectivity index (χ0v) is 14.2. The summed E-state index contributed by atoms with van der Waals surface area (Å²) >= 11 is 0. The maximum absolute atomic E-state index is 14.5. The van der Waals surface area contributed by atoms with Crippen LogP contribution in [0.25, 0.3) is 0 Å². The molecule has 2 N–H and O–H groups in total. The lowest BCUT2D eigenvalue weighted by Gasteiger charge is -2.38. The number of rotatable bonds is 5. The van der Waals surface area contributed by atoms with E-state index < -0.39 is 5.67 Å². The summed E-state index contributed by atoms with van der Waals surface area (Å²) in [5, 5.41) is 0. The van der Waals surface area contributed by atoms with E-state index in [1.54, 1.807) is 20.3 Å². The van der Waals surface area contributed by atoms with Gasteiger partial charge in [0, 0.05) is 23.1 Å². The SMILES string of the molecule is COc1cc(C2(CN)CCCCC2)c(OC)cc1C(C)(C)F. The van der Waals surface area contributed by atoms with E-state index in [2.05, 4.69) is 0 Å². The molecule has 0 unspecified atom stereocenters. The molecule has 1 fully saturated rings. The molecule has 0 bridgehead atoms. The van der Waals surface area contributed by atoms with Crippen molar-refractivity contribution in [2.24, 2.45) is 5.73 Å². The van der Waals surface area contributed by atoms with E-state index in [0.29, 0.717) is 23.6 Å². The lowest BCUT2D eigenvalue weighted by atomic mass is 9.68. The van der Waals surface area contributed by atoms with Crippen LogP contribution in [0.15, 0.2) is 12.1 Å². The van der Waals surface area contributed by atoms with Crippen molar-refractivity contribution in [2.75, 3.05) is 20.8 Å². The second kappa shape index (κ2) is 6.45. The molecule has 124 valence electrons. The second-order valence-electron chi connectivity index (χ2n) is 6.77. The van der Waals surface area contributed by atoms with Gasteiger partial charge in [0.25, 0.3) is 0 Å². The lowest BCUT2D eigenvalue weighted by Crippen LogP contribution is -2.37. The summed E-state index contributed by atoms with van der Waals surface area (Å²) in [6.45, 7) is 3.64. The van der Waals surface area contributed by atoms with E-state index in [1.807, 2.05) is 6.07 Å². The van der Waals surface area contributed by atoms with Crippen LogP contribution >= 0.6 is 0 Å². The summed E-state index contributed by atoms with van der Waals surface area (Å²) in [5.41, 5.74) is 6.13. The fraction of sp³-hybridized carbons (Fsp3) is 0.667. The van der Waals surface area contributed by atoms with E-state index >= 15 is 0 Å². The summed E-state index contributed by atoms with van der Waals surface area (Å²) in [5.74, 6) is 1.29. The first-order valence-electron chi connectivity index (χ1n) is 8.04. The van der Waals surface area contributed by atoms with Crippen LogP contribution in [0.1, 0.15) is 57.1 Å². The molecule has 1 aliphatic carbocycles. The minimum atomic E-state index is -1.49. The normalized spacial score (nSPS) is 18.1. The predicted octanol–water partition coefficient (Wildman–Crippen LogP) is 4.07. The number of methoxy groups -OCH3 is 2. The van der Waals surface area contributed by atoms with E-state index in [-0.39, 0.29) is 5.41 Å². The van der Waals surface area contributed by atoms with Gasteiger partial charge in [-0.25, -0.2) is 4.39 Å². The maximum Gasteiger partial charge on any atom is 0.134 e. The van der Waals surface area contributed by atoms with E-state index in [9.17, 15) is 4.39 Å². The Hall–Kier alpha value is -1.29. The summed E-state index contributed by atoms with van der Waals surface area (Å²) in [4.78, 5) is 0. The van der Waals surface area contributed by atoms with Crippen LogP contribution in [0, 0.1) is 0 Å². The molecule has 2 rings (SSSR count). The quantitative estimate of drug-likeness (QED) is 0.891. The largest absolute Gasteiger partial charge is 0.496 e. The second-order valence-corrected chi connectivity index (χ2v) is 6.77. The van der Waals surface area contributed by atoms with Crippen molar-refractivity contribution in [2.45, 2.75) is 57.0 Å². The third kappa shape index (κ3) is 3.07. The highest BCUT2D eigenvalue weighted by atomic mass is 19.1. The van der Waals surface area contributed by atoms with Crippen LogP contribution in [0.5, 0.6) is 11.5 Å². The number of nitrogens with two attached hydrogens (primary N) is 1. The summed E-state index contributed by atoms with van der Waals surface area (Å²) in [6, 6.07) is 3.72. The van der Waals surface area contributed by atoms with Gasteiger partial charge in [0.1, 0.15) is 17.2 Å². The lowest BCUT2D eigenvalue weighted by molar-refractivity contribution is 0.211. The molecule has 1 aromatic carbocycles. The summed E-state index contributed by atoms with van der Waals surface area (Å²) < 4.78 is 25.5. The standard InChI is InChI=1S/C18H28FNO2/c1-17(2,19)13-10-16(22-4)14(11-15(13)21-3)18(12-20)8-6-5-7-9-18/h10-11H,5-9,12,20H2,1-4H3. The van der Waals surface area contributed by atoms with Crippen LogP contribution in [-0.4, -0.2) is 20.8 Å². The molecule has 1 saturated carbocycles. The Morgan fingerprint density at radius 3 is 2.14 bits per heavy atom. The van der Waals surface area contributed by atoms with Crippen molar-refractivity contribution in [3.63, 3.8) is 0 Å². The zero-order chi connectivity index (χ0) is 16.4. The Balaban J connectivity index is 2.60. The number of hydrogen-bond donors (Lipinski definition) is 1. The van der Waals surface area contributed by atoms with E-state index in [1.165, 1.54) is 33.1 Å². The maximum atomic E-state index is 14.5. The molecule has 1 aliphatic rings. The molecule has 4 heteroatoms. The van der Waals surface area contributed by atoms with Gasteiger partial charge in [-0.2, -0.15) is 0 Å². The first-order valence-corrected chi connectivity index (χ1v) is 8.04. The molecule has 3 nitrogen and oxygen atoms in total. The molecule has 0 atom stereocenters. The highest BCUT2D eigenvalue weighted by Crippen LogP contribution is 2.46. The highest BCUT2D eigenvalue weighted by molar-refractivity contribution is 5.52. The van der Waals surface area contributed by atoms with Gasteiger partial charge in [-0.1, -0.05) is 19.3 Å². The summed E-state index contributed by atoms with van der Waals surface area (Å²) in [6.07, 6.45) is 5.66. The molecule has 1 aromatic rings. The Kier molecular flexibility index (Phi) is 5.00. The molecule has 0 aromatic heterocycles. The van der Waals surface area contributed by atoms with Gasteiger partial charge in [0.15, 0.2) is 0 Å². The van der Waals surface area contributed by atoms with Gasteiger partial charge in [-0.15, -0.1) is 0 Å². The van der Waals surface area contributed by atoms with Crippen LogP contribution in [0.2, 0.25) is 0 Å². The molecule has 0 saturated heterocycles. The Morgan fingerprint density at radius 1 is 1.09 bits per heavy atom. The molecule has 22 heavy (non-hydrogen) atoms. The molecule has 0 heterocycles. The fourth-order valence-corrected chi connectivity index (χ4v) is 3.59. The van der Waals surface area contributed by atoms with Crippen molar-refractivity contribution in [3.8, 4) is 11.5 Å². The van der Waals surface area contributed by atoms with Crippen molar-refractivity contribution in [1.29, 1.82) is 0 Å². The first kappa shape index (κ1) is 17.1. The monoisotopic (exact) mass is 309 g/mol. The minimum absolute atomic E-state index is 0.0874. The molecular formula is C18H28FNO2. The van der Waals surface area contributed by atoms with Crippen molar-refractivity contribution >= 4 is 0 Å². The zero-order valence-electron chi connectivity index (χ0n) is 14.2. The molecular weight excluding hydrogens is 281 g/mol. The van der Waals surface area contributed by atoms with Gasteiger partial charge in [-0.3, -0.25) is 0 Å². The Labute approximate surface area is 133 Å². The minimum Gasteiger partial charge on any atom is -0.496 e. The van der Waals surface area contributed by atoms with E-state index in [4.69, 9.17) is 15.2 Å². The number of ether oxygens (including phenoxy) is 2. The van der Waals surface area contributed by atoms with Crippen molar-refractivity contribution < 1.29 is 13.9 Å². The summed E-state index contributed by atoms with van der Waals surface area (Å²) in [7, 11) is 3.21. The van der Waals surface area contributed by atoms with Gasteiger partial charge in [0.05, 0.1) is 14.2 Å². The predicted molar refractivity (Wildman–Crippen MR) is 87.5 cm³/mol. The number of halogens is 1. The van der Waals surface area contributed by atoms with Crippen molar-refractivity contribution in [3.05, 3.63) is 23.3 Å². The van der Waals surface area contributed by atoms with Crippen molar-refractivity contribution in [1.82, 2.24) is 0 Å². The number of alkyl halides is 1. The topological polar surface area (TPSA) is 44.5 Å². The first-order chi connectivity index (χ1) is 10.4.